The number of rotatable bonds is 7. The summed E-state index contributed by atoms with van der Waals surface area (Å²) in [7, 11) is 2.98. The molecule has 0 aliphatic carbocycles. The lowest BCUT2D eigenvalue weighted by molar-refractivity contribution is 0.328. The Balaban J connectivity index is 1.96. The molecular formula is C24H24N2O5. The number of phenols is 1. The molecule has 0 saturated carbocycles. The zero-order valence-electron chi connectivity index (χ0n) is 17.4. The molecule has 31 heavy (non-hydrogen) atoms. The molecular weight excluding hydrogens is 396 g/mol. The van der Waals surface area contributed by atoms with E-state index in [1.165, 1.54) is 14.2 Å². The fraction of sp³-hybridized carbons (Fsp3) is 0.208. The second-order valence-electron chi connectivity index (χ2n) is 7.10. The molecule has 7 nitrogen and oxygen atoms in total. The number of phenolic OH excluding ortho intramolecular Hbond substituents is 1. The molecule has 0 fully saturated rings. The second-order valence-corrected chi connectivity index (χ2v) is 7.10. The van der Waals surface area contributed by atoms with Crippen molar-refractivity contribution in [3.05, 3.63) is 70.4 Å². The molecule has 4 aromatic rings. The van der Waals surface area contributed by atoms with Crippen molar-refractivity contribution < 1.29 is 19.3 Å². The Morgan fingerprint density at radius 2 is 1.61 bits per heavy atom. The molecule has 0 aliphatic rings. The molecule has 160 valence electrons. The number of nitrogens with two attached hydrogens (primary N) is 1. The van der Waals surface area contributed by atoms with Crippen molar-refractivity contribution in [2.24, 2.45) is 5.73 Å². The smallest absolute Gasteiger partial charge is 0.200 e. The largest absolute Gasteiger partial charge is 0.502 e. The van der Waals surface area contributed by atoms with Crippen molar-refractivity contribution >= 4 is 21.8 Å². The molecule has 4 rings (SSSR count). The van der Waals surface area contributed by atoms with Gasteiger partial charge in [0.2, 0.25) is 5.75 Å². The maximum absolute atomic E-state index is 13.1. The molecule has 3 aromatic carbocycles. The first-order chi connectivity index (χ1) is 15.1. The lowest BCUT2D eigenvalue weighted by Crippen LogP contribution is -2.13. The zero-order chi connectivity index (χ0) is 22.0. The van der Waals surface area contributed by atoms with E-state index >= 15 is 0 Å². The summed E-state index contributed by atoms with van der Waals surface area (Å²) in [5, 5.41) is 11.5. The Labute approximate surface area is 179 Å². The van der Waals surface area contributed by atoms with E-state index in [4.69, 9.17) is 19.9 Å². The van der Waals surface area contributed by atoms with Crippen LogP contribution in [0.4, 0.5) is 0 Å². The van der Waals surface area contributed by atoms with Gasteiger partial charge < -0.3 is 29.6 Å². The number of benzene rings is 3. The summed E-state index contributed by atoms with van der Waals surface area (Å²) in [5.74, 6) is 1.22. The van der Waals surface area contributed by atoms with Crippen LogP contribution in [0.15, 0.2) is 59.4 Å². The molecule has 0 unspecified atom stereocenters. The van der Waals surface area contributed by atoms with Gasteiger partial charge in [0.05, 0.1) is 25.3 Å². The van der Waals surface area contributed by atoms with Gasteiger partial charge in [-0.3, -0.25) is 4.79 Å². The monoisotopic (exact) mass is 420 g/mol. The number of aromatic hydroxyl groups is 1. The predicted octanol–water partition coefficient (Wildman–Crippen LogP) is 3.26. The highest BCUT2D eigenvalue weighted by molar-refractivity contribution is 5.94. The second kappa shape index (κ2) is 8.57. The topological polar surface area (TPSA) is 95.9 Å². The van der Waals surface area contributed by atoms with Gasteiger partial charge in [-0.15, -0.1) is 0 Å². The molecule has 3 N–H and O–H groups in total. The van der Waals surface area contributed by atoms with Crippen LogP contribution in [-0.4, -0.2) is 37.0 Å². The molecule has 0 atom stereocenters. The molecule has 0 radical (unpaired) electrons. The summed E-state index contributed by atoms with van der Waals surface area (Å²) in [4.78, 5) is 13.1. The molecule has 0 saturated heterocycles. The Hall–Kier alpha value is -3.71. The number of pyridine rings is 1. The van der Waals surface area contributed by atoms with Crippen LogP contribution in [-0.2, 0) is 6.54 Å². The first-order valence-corrected chi connectivity index (χ1v) is 9.89. The van der Waals surface area contributed by atoms with Crippen molar-refractivity contribution in [3.63, 3.8) is 0 Å². The Morgan fingerprint density at radius 3 is 2.29 bits per heavy atom. The fourth-order valence-electron chi connectivity index (χ4n) is 3.76. The van der Waals surface area contributed by atoms with Gasteiger partial charge >= 0.3 is 0 Å². The average molecular weight is 420 g/mol. The summed E-state index contributed by atoms with van der Waals surface area (Å²) in [6.07, 6.45) is 0. The van der Waals surface area contributed by atoms with E-state index in [-0.39, 0.29) is 11.2 Å². The van der Waals surface area contributed by atoms with Crippen LogP contribution in [0.2, 0.25) is 0 Å². The van der Waals surface area contributed by atoms with Gasteiger partial charge in [0.15, 0.2) is 16.9 Å². The fourth-order valence-corrected chi connectivity index (χ4v) is 3.76. The Morgan fingerprint density at radius 1 is 0.935 bits per heavy atom. The van der Waals surface area contributed by atoms with Gasteiger partial charge in [0, 0.05) is 29.9 Å². The lowest BCUT2D eigenvalue weighted by Gasteiger charge is -2.18. The molecule has 0 spiro atoms. The highest BCUT2D eigenvalue weighted by Gasteiger charge is 2.15. The van der Waals surface area contributed by atoms with Crippen molar-refractivity contribution in [3.8, 4) is 23.0 Å². The minimum absolute atomic E-state index is 0.0342. The van der Waals surface area contributed by atoms with Gasteiger partial charge in [-0.25, -0.2) is 0 Å². The first-order valence-electron chi connectivity index (χ1n) is 9.89. The normalized spacial score (nSPS) is 11.1. The summed E-state index contributed by atoms with van der Waals surface area (Å²) in [6.45, 7) is 1.20. The van der Waals surface area contributed by atoms with Crippen LogP contribution in [0.25, 0.3) is 21.8 Å². The van der Waals surface area contributed by atoms with Gasteiger partial charge in [0.1, 0.15) is 12.4 Å². The minimum Gasteiger partial charge on any atom is -0.502 e. The van der Waals surface area contributed by atoms with Gasteiger partial charge in [0.25, 0.3) is 0 Å². The lowest BCUT2D eigenvalue weighted by atomic mass is 10.1. The van der Waals surface area contributed by atoms with Crippen LogP contribution in [0.3, 0.4) is 0 Å². The molecule has 7 heteroatoms. The average Bonchev–Trinajstić information content (AvgIpc) is 2.81. The van der Waals surface area contributed by atoms with E-state index in [0.717, 1.165) is 16.6 Å². The summed E-state index contributed by atoms with van der Waals surface area (Å²) < 4.78 is 18.3. The number of aromatic nitrogens is 1. The SMILES string of the molecule is COc1cc(Cn2c3ccccc3c(=O)c3ccc(OCCN)cc32)cc(OC)c1O. The quantitative estimate of drug-likeness (QED) is 0.446. The van der Waals surface area contributed by atoms with E-state index in [0.29, 0.717) is 47.7 Å². The van der Waals surface area contributed by atoms with Crippen LogP contribution < -0.4 is 25.4 Å². The van der Waals surface area contributed by atoms with Crippen LogP contribution in [0.5, 0.6) is 23.0 Å². The maximum atomic E-state index is 13.1. The number of nitrogens with zero attached hydrogens (tertiary/aromatic N) is 1. The molecule has 0 aliphatic heterocycles. The van der Waals surface area contributed by atoms with E-state index < -0.39 is 0 Å². The molecule has 0 bridgehead atoms. The Bertz CT molecular complexity index is 1290. The van der Waals surface area contributed by atoms with Crippen LogP contribution in [0.1, 0.15) is 5.56 Å². The van der Waals surface area contributed by atoms with Crippen molar-refractivity contribution in [1.82, 2.24) is 4.57 Å². The molecule has 1 aromatic heterocycles. The van der Waals surface area contributed by atoms with E-state index in [9.17, 15) is 9.90 Å². The van der Waals surface area contributed by atoms with Crippen LogP contribution >= 0.6 is 0 Å². The van der Waals surface area contributed by atoms with Crippen molar-refractivity contribution in [2.75, 3.05) is 27.4 Å². The highest BCUT2D eigenvalue weighted by Crippen LogP contribution is 2.37. The molecule has 0 amide bonds. The standard InChI is InChI=1S/C24H24N2O5/c1-29-21-11-15(12-22(30-2)24(21)28)14-26-19-6-4-3-5-17(19)23(27)18-8-7-16(13-20(18)26)31-10-9-25/h3-8,11-13,28H,9-10,14,25H2,1-2H3. The number of fused-ring (bicyclic) bond motifs is 2. The number of ether oxygens (including phenoxy) is 3. The summed E-state index contributed by atoms with van der Waals surface area (Å²) in [6, 6.07) is 16.4. The highest BCUT2D eigenvalue weighted by atomic mass is 16.5. The third kappa shape index (κ3) is 3.75. The third-order valence-corrected chi connectivity index (χ3v) is 5.21. The molecule has 1 heterocycles. The number of hydrogen-bond acceptors (Lipinski definition) is 6. The maximum Gasteiger partial charge on any atom is 0.200 e. The first kappa shape index (κ1) is 20.6. The van der Waals surface area contributed by atoms with Gasteiger partial charge in [-0.2, -0.15) is 0 Å². The summed E-state index contributed by atoms with van der Waals surface area (Å²) in [5.41, 5.74) is 7.90. The van der Waals surface area contributed by atoms with Crippen molar-refractivity contribution in [1.29, 1.82) is 0 Å². The Kier molecular flexibility index (Phi) is 5.68. The minimum atomic E-state index is -0.0548. The van der Waals surface area contributed by atoms with Crippen LogP contribution in [0, 0.1) is 0 Å². The van der Waals surface area contributed by atoms with Gasteiger partial charge in [-0.1, -0.05) is 12.1 Å². The third-order valence-electron chi connectivity index (χ3n) is 5.21. The number of hydrogen-bond donors (Lipinski definition) is 2. The van der Waals surface area contributed by atoms with E-state index in [2.05, 4.69) is 0 Å². The van der Waals surface area contributed by atoms with Gasteiger partial charge in [-0.05, 0) is 42.0 Å². The number of para-hydroxylation sites is 1. The van der Waals surface area contributed by atoms with E-state index in [1.807, 2.05) is 34.9 Å². The predicted molar refractivity (Wildman–Crippen MR) is 121 cm³/mol. The zero-order valence-corrected chi connectivity index (χ0v) is 17.4. The van der Waals surface area contributed by atoms with E-state index in [1.54, 1.807) is 24.3 Å². The number of methoxy groups -OCH3 is 2. The summed E-state index contributed by atoms with van der Waals surface area (Å²) >= 11 is 0. The van der Waals surface area contributed by atoms with Crippen molar-refractivity contribution in [2.45, 2.75) is 6.54 Å².